The summed E-state index contributed by atoms with van der Waals surface area (Å²) in [5.74, 6) is -0.0627. The Morgan fingerprint density at radius 3 is 1.52 bits per heavy atom. The number of carbonyl (C=O) groups is 2. The number of anilines is 4. The van der Waals surface area contributed by atoms with Crippen molar-refractivity contribution in [3.63, 3.8) is 0 Å². The number of carboxylic acids is 1. The van der Waals surface area contributed by atoms with Crippen LogP contribution in [-0.4, -0.2) is 95.2 Å². The van der Waals surface area contributed by atoms with E-state index in [1.807, 2.05) is 0 Å². The maximum Gasteiger partial charge on any atom is 0.420 e. The van der Waals surface area contributed by atoms with Gasteiger partial charge in [-0.2, -0.15) is 26.3 Å². The number of methoxy groups -OCH3 is 4. The van der Waals surface area contributed by atoms with Crippen molar-refractivity contribution >= 4 is 57.8 Å². The fraction of sp³-hybridized carbons (Fsp3) is 0.296. The second-order valence-corrected chi connectivity index (χ2v) is 17.7. The Labute approximate surface area is 449 Å². The number of benzene rings is 6. The Bertz CT molecular complexity index is 2970. The van der Waals surface area contributed by atoms with Crippen molar-refractivity contribution in [2.24, 2.45) is 0 Å². The minimum absolute atomic E-state index is 0.0573. The Balaban J connectivity index is 0.000000209. The highest BCUT2D eigenvalue weighted by atomic mass is 35.5. The van der Waals surface area contributed by atoms with Crippen LogP contribution < -0.4 is 49.3 Å². The lowest BCUT2D eigenvalue weighted by Gasteiger charge is -2.27. The molecule has 6 N–H and O–H groups in total. The molecule has 2 aliphatic rings. The summed E-state index contributed by atoms with van der Waals surface area (Å²) in [5.41, 5.74) is 2.63. The van der Waals surface area contributed by atoms with E-state index in [1.165, 1.54) is 45.5 Å². The highest BCUT2D eigenvalue weighted by Crippen LogP contribution is 2.44. The van der Waals surface area contributed by atoms with Crippen LogP contribution in [0.1, 0.15) is 45.5 Å². The third-order valence-corrected chi connectivity index (χ3v) is 12.3. The Morgan fingerprint density at radius 1 is 0.610 bits per heavy atom. The molecule has 412 valence electrons. The fourth-order valence-electron chi connectivity index (χ4n) is 8.16. The first-order valence-corrected chi connectivity index (χ1v) is 24.2. The topological polar surface area (TPSA) is 190 Å². The third kappa shape index (κ3) is 15.6. The van der Waals surface area contributed by atoms with Gasteiger partial charge in [-0.05, 0) is 83.6 Å². The smallest absolute Gasteiger partial charge is 0.420 e. The molecule has 0 radical (unpaired) electrons. The van der Waals surface area contributed by atoms with E-state index in [4.69, 9.17) is 61.8 Å². The highest BCUT2D eigenvalue weighted by molar-refractivity contribution is 6.30. The predicted octanol–water partition coefficient (Wildman–Crippen LogP) is 11.1. The van der Waals surface area contributed by atoms with Crippen LogP contribution in [0.25, 0.3) is 0 Å². The van der Waals surface area contributed by atoms with Gasteiger partial charge in [0.05, 0.1) is 52.8 Å². The molecule has 23 heteroatoms. The Hall–Kier alpha value is -7.46. The molecule has 2 aliphatic heterocycles. The minimum Gasteiger partial charge on any atom is -0.497 e. The molecule has 0 spiro atoms. The number of nitrogens with one attached hydrogen (secondary N) is 3. The molecular formula is C54H54Cl2F6N4O11. The first-order chi connectivity index (χ1) is 36.7. The minimum atomic E-state index is -4.66. The fourth-order valence-corrected chi connectivity index (χ4v) is 8.42. The molecule has 0 aliphatic carbocycles. The number of amides is 1. The van der Waals surface area contributed by atoms with Crippen molar-refractivity contribution < 1.29 is 79.7 Å². The van der Waals surface area contributed by atoms with Crippen molar-refractivity contribution in [3.05, 3.63) is 153 Å². The number of carboxylic acid groups (broad SMARTS) is 1. The number of aliphatic hydroxyl groups excluding tert-OH is 2. The van der Waals surface area contributed by atoms with Crippen LogP contribution in [0.4, 0.5) is 49.1 Å². The molecule has 0 saturated heterocycles. The maximum atomic E-state index is 13.9. The molecule has 8 rings (SSSR count). The number of halogens is 8. The lowest BCUT2D eigenvalue weighted by Crippen LogP contribution is -2.37. The van der Waals surface area contributed by atoms with Gasteiger partial charge in [0.15, 0.2) is 6.04 Å². The number of alkyl halides is 6. The number of hydrogen-bond donors (Lipinski definition) is 6. The van der Waals surface area contributed by atoms with Crippen LogP contribution in [0.5, 0.6) is 34.5 Å². The van der Waals surface area contributed by atoms with Crippen molar-refractivity contribution in [2.45, 2.75) is 37.3 Å². The SMILES string of the molecule is COc1cc(NC(C(=O)N2CCc3cc(OC)c(C(F)(F)F)cc32)c2ccc(Cl)cc2)cc(OCCO)c1.COc1cc(NC(C(=O)O)c2ccc(Cl)cc2)cc(OCCO)c1.COc1cc2c(cc1C(F)(F)F)NCC2. The average Bonchev–Trinajstić information content (AvgIpc) is 4.08. The van der Waals surface area contributed by atoms with Crippen LogP contribution >= 0.6 is 23.2 Å². The Kier molecular flexibility index (Phi) is 20.3. The molecule has 2 heterocycles. The number of rotatable bonds is 18. The van der Waals surface area contributed by atoms with E-state index in [-0.39, 0.29) is 50.2 Å². The summed E-state index contributed by atoms with van der Waals surface area (Å²) < 4.78 is 110. The summed E-state index contributed by atoms with van der Waals surface area (Å²) in [7, 11) is 5.41. The van der Waals surface area contributed by atoms with Gasteiger partial charge in [-0.1, -0.05) is 47.5 Å². The summed E-state index contributed by atoms with van der Waals surface area (Å²) in [6.45, 7) is 0.758. The van der Waals surface area contributed by atoms with Crippen LogP contribution in [0.3, 0.4) is 0 Å². The van der Waals surface area contributed by atoms with Crippen molar-refractivity contribution in [3.8, 4) is 34.5 Å². The van der Waals surface area contributed by atoms with Gasteiger partial charge in [0, 0.05) is 82.3 Å². The molecule has 0 saturated carbocycles. The van der Waals surface area contributed by atoms with Gasteiger partial charge in [0.1, 0.15) is 53.8 Å². The van der Waals surface area contributed by atoms with E-state index in [1.54, 1.807) is 84.9 Å². The van der Waals surface area contributed by atoms with Crippen LogP contribution in [-0.2, 0) is 34.8 Å². The molecule has 0 fully saturated rings. The van der Waals surface area contributed by atoms with Gasteiger partial charge in [-0.15, -0.1) is 0 Å². The first kappa shape index (κ1) is 58.8. The maximum absolute atomic E-state index is 13.9. The van der Waals surface area contributed by atoms with E-state index in [0.29, 0.717) is 79.8 Å². The van der Waals surface area contributed by atoms with Gasteiger partial charge in [0.2, 0.25) is 0 Å². The zero-order valence-corrected chi connectivity index (χ0v) is 43.3. The van der Waals surface area contributed by atoms with Gasteiger partial charge in [0.25, 0.3) is 5.91 Å². The number of aliphatic carboxylic acids is 1. The summed E-state index contributed by atoms with van der Waals surface area (Å²) in [6, 6.07) is 26.0. The van der Waals surface area contributed by atoms with E-state index < -0.39 is 47.4 Å². The van der Waals surface area contributed by atoms with E-state index in [9.17, 15) is 41.0 Å². The number of hydrogen-bond acceptors (Lipinski definition) is 13. The van der Waals surface area contributed by atoms with Crippen LogP contribution in [0, 0.1) is 0 Å². The third-order valence-electron chi connectivity index (χ3n) is 11.8. The molecule has 77 heavy (non-hydrogen) atoms. The second-order valence-electron chi connectivity index (χ2n) is 16.8. The number of nitrogens with zero attached hydrogens (tertiary/aromatic N) is 1. The normalized spacial score (nSPS) is 13.2. The summed E-state index contributed by atoms with van der Waals surface area (Å²) in [5, 5.41) is 37.5. The van der Waals surface area contributed by atoms with Crippen molar-refractivity contribution in [1.29, 1.82) is 0 Å². The number of carbonyl (C=O) groups excluding carboxylic acids is 1. The van der Waals surface area contributed by atoms with Gasteiger partial charge < -0.3 is 64.6 Å². The summed E-state index contributed by atoms with van der Waals surface area (Å²) in [6.07, 6.45) is -7.91. The van der Waals surface area contributed by atoms with Crippen LogP contribution in [0.2, 0.25) is 10.0 Å². The number of fused-ring (bicyclic) bond motifs is 2. The summed E-state index contributed by atoms with van der Waals surface area (Å²) in [4.78, 5) is 26.9. The molecule has 0 aromatic heterocycles. The highest BCUT2D eigenvalue weighted by Gasteiger charge is 2.39. The quantitative estimate of drug-likeness (QED) is 0.0446. The van der Waals surface area contributed by atoms with Gasteiger partial charge in [-0.25, -0.2) is 4.79 Å². The van der Waals surface area contributed by atoms with Crippen molar-refractivity contribution in [2.75, 3.05) is 88.8 Å². The largest absolute Gasteiger partial charge is 0.497 e. The molecule has 2 unspecified atom stereocenters. The van der Waals surface area contributed by atoms with Crippen LogP contribution in [0.15, 0.2) is 109 Å². The molecule has 1 amide bonds. The van der Waals surface area contributed by atoms with E-state index in [2.05, 4.69) is 16.0 Å². The van der Waals surface area contributed by atoms with Gasteiger partial charge in [-0.3, -0.25) is 4.79 Å². The zero-order valence-electron chi connectivity index (χ0n) is 41.8. The molecule has 0 bridgehead atoms. The van der Waals surface area contributed by atoms with E-state index in [0.717, 1.165) is 24.1 Å². The predicted molar refractivity (Wildman–Crippen MR) is 279 cm³/mol. The summed E-state index contributed by atoms with van der Waals surface area (Å²) >= 11 is 11.9. The second kappa shape index (κ2) is 26.5. The molecule has 15 nitrogen and oxygen atoms in total. The monoisotopic (exact) mass is 1120 g/mol. The van der Waals surface area contributed by atoms with Crippen molar-refractivity contribution in [1.82, 2.24) is 0 Å². The average molecular weight is 1120 g/mol. The zero-order chi connectivity index (χ0) is 56.0. The van der Waals surface area contributed by atoms with Gasteiger partial charge >= 0.3 is 18.3 Å². The number of ether oxygens (including phenoxy) is 6. The molecule has 2 atom stereocenters. The molecular weight excluding hydrogens is 1070 g/mol. The lowest BCUT2D eigenvalue weighted by molar-refractivity contribution is -0.139. The lowest BCUT2D eigenvalue weighted by atomic mass is 10.0. The van der Waals surface area contributed by atoms with E-state index >= 15 is 0 Å². The Morgan fingerprint density at radius 2 is 1.06 bits per heavy atom. The molecule has 6 aromatic carbocycles. The standard InChI is InChI=1S/C27H26ClF3N2O5.C17H18ClNO5.C10H10F3NO/c1-36-20-12-19(13-21(14-20)38-10-9-34)32-25(16-3-5-18(28)6-4-16)26(35)33-8-7-17-11-24(37-2)22(15-23(17)33)27(29,30)31;1-23-14-8-13(9-15(10-14)24-7-6-20)19-16(17(21)22)11-2-4-12(18)5-3-11;1-15-9-4-6-2-3-14-8(6)5-7(9)10(11,12)13/h3-6,11-15,25,32,34H,7-10H2,1-2H3;2-5,8-10,16,19-20H,6-7H2,1H3,(H,21,22);4-5,14H,2-3H2,1H3. The molecule has 6 aromatic rings. The number of aliphatic hydroxyl groups is 2. The first-order valence-electron chi connectivity index (χ1n) is 23.4.